The van der Waals surface area contributed by atoms with Crippen LogP contribution in [0.3, 0.4) is 0 Å². The van der Waals surface area contributed by atoms with Crippen molar-refractivity contribution >= 4 is 46.4 Å². The zero-order chi connectivity index (χ0) is 17.3. The van der Waals surface area contributed by atoms with Crippen LogP contribution in [0.15, 0.2) is 27.5 Å². The summed E-state index contributed by atoms with van der Waals surface area (Å²) in [4.78, 5) is 25.5. The van der Waals surface area contributed by atoms with Crippen LogP contribution in [0.5, 0.6) is 11.5 Å². The van der Waals surface area contributed by atoms with Gasteiger partial charge in [-0.15, -0.1) is 0 Å². The fraction of sp³-hybridized carbons (Fsp3) is 0.200. The molecule has 1 aliphatic heterocycles. The van der Waals surface area contributed by atoms with E-state index in [1.165, 1.54) is 13.8 Å². The third kappa shape index (κ3) is 1.81. The van der Waals surface area contributed by atoms with Crippen molar-refractivity contribution in [3.8, 4) is 11.5 Å². The van der Waals surface area contributed by atoms with Crippen LogP contribution in [0.25, 0.3) is 0 Å². The van der Waals surface area contributed by atoms with E-state index in [1.54, 1.807) is 0 Å². The highest BCUT2D eigenvalue weighted by Gasteiger charge is 2.60. The van der Waals surface area contributed by atoms with Crippen molar-refractivity contribution in [3.05, 3.63) is 43.6 Å². The first-order valence-electron chi connectivity index (χ1n) is 6.41. The van der Waals surface area contributed by atoms with Gasteiger partial charge in [0.05, 0.1) is 15.6 Å². The summed E-state index contributed by atoms with van der Waals surface area (Å²) in [5.74, 6) is -2.51. The van der Waals surface area contributed by atoms with Crippen molar-refractivity contribution in [2.24, 2.45) is 0 Å². The Kier molecular flexibility index (Phi) is 3.45. The van der Waals surface area contributed by atoms with Gasteiger partial charge in [0.25, 0.3) is 5.60 Å². The van der Waals surface area contributed by atoms with Gasteiger partial charge in [0, 0.05) is 11.6 Å². The number of allylic oxidation sites excluding steroid dienone is 1. The minimum atomic E-state index is -2.09. The molecule has 1 aromatic rings. The second-order valence-corrected chi connectivity index (χ2v) is 6.38. The molecule has 0 aromatic heterocycles. The summed E-state index contributed by atoms with van der Waals surface area (Å²) in [5, 5.41) is 18.7. The van der Waals surface area contributed by atoms with Crippen LogP contribution in [0.4, 0.5) is 0 Å². The number of rotatable bonds is 0. The number of hydrogen-bond acceptors (Lipinski definition) is 5. The number of hydrogen-bond donors (Lipinski definition) is 2. The molecule has 0 fully saturated rings. The maximum absolute atomic E-state index is 12.9. The number of phenols is 1. The van der Waals surface area contributed by atoms with Crippen molar-refractivity contribution < 1.29 is 24.5 Å². The average molecular weight is 376 g/mol. The average Bonchev–Trinajstić information content (AvgIpc) is 2.81. The quantitative estimate of drug-likeness (QED) is 0.674. The van der Waals surface area contributed by atoms with Crippen molar-refractivity contribution in [3.63, 3.8) is 0 Å². The minimum absolute atomic E-state index is 0.00239. The first-order chi connectivity index (χ1) is 10.6. The van der Waals surface area contributed by atoms with Crippen LogP contribution >= 0.6 is 34.8 Å². The van der Waals surface area contributed by atoms with Gasteiger partial charge in [-0.25, -0.2) is 0 Å². The summed E-state index contributed by atoms with van der Waals surface area (Å²) in [6.45, 7) is 2.91. The molecular weight excluding hydrogens is 367 g/mol. The summed E-state index contributed by atoms with van der Waals surface area (Å²) >= 11 is 17.7. The molecule has 5 nitrogen and oxygen atoms in total. The van der Waals surface area contributed by atoms with Crippen LogP contribution < -0.4 is 4.74 Å². The van der Waals surface area contributed by atoms with E-state index < -0.39 is 28.0 Å². The number of halogens is 3. The largest absolute Gasteiger partial charge is 0.506 e. The lowest BCUT2D eigenvalue weighted by Gasteiger charge is -2.30. The Morgan fingerprint density at radius 2 is 1.65 bits per heavy atom. The molecule has 23 heavy (non-hydrogen) atoms. The van der Waals surface area contributed by atoms with Crippen molar-refractivity contribution in [1.82, 2.24) is 0 Å². The third-order valence-electron chi connectivity index (χ3n) is 4.05. The maximum atomic E-state index is 12.9. The number of carbonyl (C=O) groups is 2. The predicted octanol–water partition coefficient (Wildman–Crippen LogP) is 3.77. The molecule has 2 N–H and O–H groups in total. The first-order valence-corrected chi connectivity index (χ1v) is 7.54. The SMILES string of the molecule is CC1=C(Cl)C(O)=C(Cl)C(=O)C12Oc1cc(O)c(Cl)c(C)c1C2=O. The van der Waals surface area contributed by atoms with E-state index in [-0.39, 0.29) is 38.3 Å². The lowest BCUT2D eigenvalue weighted by atomic mass is 9.80. The number of carbonyl (C=O) groups excluding carboxylic acids is 2. The topological polar surface area (TPSA) is 83.8 Å². The van der Waals surface area contributed by atoms with Gasteiger partial charge in [-0.05, 0) is 19.4 Å². The summed E-state index contributed by atoms with van der Waals surface area (Å²) in [7, 11) is 0. The summed E-state index contributed by atoms with van der Waals surface area (Å²) in [6.07, 6.45) is 0. The van der Waals surface area contributed by atoms with Crippen LogP contribution in [-0.2, 0) is 4.79 Å². The Labute approximate surface area is 145 Å². The fourth-order valence-corrected chi connectivity index (χ4v) is 3.41. The Morgan fingerprint density at radius 1 is 1.04 bits per heavy atom. The predicted molar refractivity (Wildman–Crippen MR) is 84.6 cm³/mol. The number of ether oxygens (including phenoxy) is 1. The van der Waals surface area contributed by atoms with Crippen LogP contribution in [-0.4, -0.2) is 27.4 Å². The molecule has 0 amide bonds. The molecule has 1 aliphatic carbocycles. The molecule has 3 rings (SSSR count). The van der Waals surface area contributed by atoms with Gasteiger partial charge in [0.2, 0.25) is 11.6 Å². The summed E-state index contributed by atoms with van der Waals surface area (Å²) in [5.41, 5.74) is -1.74. The molecule has 1 spiro atoms. The Balaban J connectivity index is 2.31. The van der Waals surface area contributed by atoms with Crippen LogP contribution in [0, 0.1) is 6.92 Å². The van der Waals surface area contributed by atoms with E-state index in [9.17, 15) is 19.8 Å². The Bertz CT molecular complexity index is 868. The molecule has 120 valence electrons. The fourth-order valence-electron chi connectivity index (χ4n) is 2.75. The van der Waals surface area contributed by atoms with Crippen molar-refractivity contribution in [2.45, 2.75) is 19.4 Å². The van der Waals surface area contributed by atoms with Crippen LogP contribution in [0.2, 0.25) is 5.02 Å². The monoisotopic (exact) mass is 374 g/mol. The number of benzene rings is 1. The van der Waals surface area contributed by atoms with E-state index in [1.807, 2.05) is 0 Å². The smallest absolute Gasteiger partial charge is 0.257 e. The second kappa shape index (κ2) is 4.90. The molecule has 0 saturated heterocycles. The normalized spacial score (nSPS) is 23.7. The zero-order valence-electron chi connectivity index (χ0n) is 11.8. The summed E-state index contributed by atoms with van der Waals surface area (Å²) in [6, 6.07) is 1.15. The van der Waals surface area contributed by atoms with Crippen molar-refractivity contribution in [1.29, 1.82) is 0 Å². The number of Topliss-reactive ketones (excluding diaryl/α,β-unsaturated/α-hetero) is 2. The summed E-state index contributed by atoms with van der Waals surface area (Å²) < 4.78 is 5.59. The Morgan fingerprint density at radius 3 is 2.26 bits per heavy atom. The first kappa shape index (κ1) is 16.2. The van der Waals surface area contributed by atoms with Gasteiger partial charge in [0.15, 0.2) is 5.76 Å². The van der Waals surface area contributed by atoms with E-state index in [0.717, 1.165) is 6.07 Å². The van der Waals surface area contributed by atoms with Gasteiger partial charge in [-0.3, -0.25) is 9.59 Å². The standard InChI is InChI=1S/C15H9Cl3O5/c1-4-8-7(3-6(19)9(4)16)23-15(13(8)21)5(2)10(17)12(20)11(18)14(15)22/h3,19-20H,1-2H3. The van der Waals surface area contributed by atoms with Gasteiger partial charge < -0.3 is 14.9 Å². The number of aromatic hydroxyl groups is 1. The maximum Gasteiger partial charge on any atom is 0.257 e. The third-order valence-corrected chi connectivity index (χ3v) is 5.34. The van der Waals surface area contributed by atoms with Gasteiger partial charge >= 0.3 is 0 Å². The number of fused-ring (bicyclic) bond motifs is 1. The minimum Gasteiger partial charge on any atom is -0.506 e. The molecule has 8 heteroatoms. The van der Waals surface area contributed by atoms with Crippen LogP contribution in [0.1, 0.15) is 22.8 Å². The molecule has 1 aromatic carbocycles. The number of aliphatic hydroxyl groups is 1. The number of aliphatic hydroxyl groups excluding tert-OH is 1. The lowest BCUT2D eigenvalue weighted by Crippen LogP contribution is -2.51. The lowest BCUT2D eigenvalue weighted by molar-refractivity contribution is -0.123. The van der Waals surface area contributed by atoms with E-state index in [4.69, 9.17) is 39.5 Å². The highest BCUT2D eigenvalue weighted by molar-refractivity contribution is 6.50. The zero-order valence-corrected chi connectivity index (χ0v) is 14.1. The Hall–Kier alpha value is -1.69. The van der Waals surface area contributed by atoms with E-state index in [0.29, 0.717) is 0 Å². The van der Waals surface area contributed by atoms with E-state index in [2.05, 4.69) is 0 Å². The molecule has 1 atom stereocenters. The number of phenolic OH excluding ortho intramolecular Hbond substituents is 1. The van der Waals surface area contributed by atoms with E-state index >= 15 is 0 Å². The number of ketones is 2. The molecule has 2 aliphatic rings. The molecule has 0 radical (unpaired) electrons. The van der Waals surface area contributed by atoms with Gasteiger partial charge in [-0.1, -0.05) is 34.8 Å². The van der Waals surface area contributed by atoms with Gasteiger partial charge in [-0.2, -0.15) is 0 Å². The highest BCUT2D eigenvalue weighted by atomic mass is 35.5. The van der Waals surface area contributed by atoms with Gasteiger partial charge in [0.1, 0.15) is 16.5 Å². The highest BCUT2D eigenvalue weighted by Crippen LogP contribution is 2.50. The molecule has 1 heterocycles. The second-order valence-electron chi connectivity index (χ2n) is 5.25. The molecule has 0 bridgehead atoms. The molecule has 1 unspecified atom stereocenters. The molecular formula is C15H9Cl3O5. The molecule has 0 saturated carbocycles. The van der Waals surface area contributed by atoms with Crippen molar-refractivity contribution in [2.75, 3.05) is 0 Å².